The van der Waals surface area contributed by atoms with Crippen molar-refractivity contribution in [3.05, 3.63) is 40.7 Å². The van der Waals surface area contributed by atoms with Crippen molar-refractivity contribution in [2.24, 2.45) is 0 Å². The quantitative estimate of drug-likeness (QED) is 0.739. The molecule has 0 atom stereocenters. The molecule has 1 amide bonds. The lowest BCUT2D eigenvalue weighted by atomic mass is 10.2. The molecule has 1 heterocycles. The van der Waals surface area contributed by atoms with E-state index in [0.29, 0.717) is 30.5 Å². The number of aryl methyl sites for hydroxylation is 1. The van der Waals surface area contributed by atoms with Gasteiger partial charge in [-0.15, -0.1) is 5.10 Å². The van der Waals surface area contributed by atoms with Crippen LogP contribution in [0.15, 0.2) is 24.4 Å². The molecule has 0 spiro atoms. The van der Waals surface area contributed by atoms with E-state index in [1.807, 2.05) is 26.8 Å². The first-order valence-electron chi connectivity index (χ1n) is 7.74. The molecule has 1 aromatic carbocycles. The monoisotopic (exact) mass is 352 g/mol. The van der Waals surface area contributed by atoms with Crippen LogP contribution in [-0.2, 0) is 16.0 Å². The highest BCUT2D eigenvalue weighted by Gasteiger charge is 2.15. The Hall–Kier alpha value is -1.96. The summed E-state index contributed by atoms with van der Waals surface area (Å²) in [6, 6.07) is 5.40. The fourth-order valence-electron chi connectivity index (χ4n) is 2.08. The third-order valence-electron chi connectivity index (χ3n) is 3.19. The van der Waals surface area contributed by atoms with E-state index in [-0.39, 0.29) is 11.6 Å². The first-order chi connectivity index (χ1) is 11.5. The Bertz CT molecular complexity index is 684. The van der Waals surface area contributed by atoms with Crippen LogP contribution in [0, 0.1) is 6.92 Å². The Balaban J connectivity index is 2.02. The molecule has 0 fully saturated rings. The summed E-state index contributed by atoms with van der Waals surface area (Å²) in [5.41, 5.74) is 1.74. The smallest absolute Gasteiger partial charge is 0.277 e. The molecule has 7 nitrogen and oxygen atoms in total. The largest absolute Gasteiger partial charge is 0.351 e. The molecule has 0 saturated heterocycles. The number of anilines is 1. The molecular formula is C16H21ClN4O3. The van der Waals surface area contributed by atoms with Crippen LogP contribution < -0.4 is 5.32 Å². The van der Waals surface area contributed by atoms with Gasteiger partial charge in [-0.3, -0.25) is 4.79 Å². The van der Waals surface area contributed by atoms with Crippen molar-refractivity contribution in [3.63, 3.8) is 0 Å². The third-order valence-corrected chi connectivity index (χ3v) is 3.50. The third kappa shape index (κ3) is 5.02. The molecule has 1 N–H and O–H groups in total. The normalized spacial score (nSPS) is 11.0. The number of benzene rings is 1. The van der Waals surface area contributed by atoms with Gasteiger partial charge in [-0.1, -0.05) is 22.9 Å². The molecule has 0 radical (unpaired) electrons. The van der Waals surface area contributed by atoms with Gasteiger partial charge < -0.3 is 14.8 Å². The predicted molar refractivity (Wildman–Crippen MR) is 91.2 cm³/mol. The lowest BCUT2D eigenvalue weighted by Crippen LogP contribution is -2.24. The standard InChI is InChI=1S/C16H21ClN4O3/c1-4-23-15(24-5-2)10-21-9-14(19-20-21)16(22)18-13-7-6-11(3)8-12(13)17/h6-9,15H,4-5,10H2,1-3H3,(H,18,22). The van der Waals surface area contributed by atoms with Gasteiger partial charge in [0.15, 0.2) is 12.0 Å². The lowest BCUT2D eigenvalue weighted by Gasteiger charge is -2.16. The Morgan fingerprint density at radius 3 is 2.67 bits per heavy atom. The SMILES string of the molecule is CCOC(Cn1cc(C(=O)Nc2ccc(C)cc2Cl)nn1)OCC. The molecule has 2 rings (SSSR count). The molecule has 1 aromatic heterocycles. The minimum absolute atomic E-state index is 0.193. The zero-order chi connectivity index (χ0) is 17.5. The summed E-state index contributed by atoms with van der Waals surface area (Å²) < 4.78 is 12.4. The number of aromatic nitrogens is 3. The summed E-state index contributed by atoms with van der Waals surface area (Å²) in [5.74, 6) is -0.378. The fraction of sp³-hybridized carbons (Fsp3) is 0.438. The number of carbonyl (C=O) groups is 1. The topological polar surface area (TPSA) is 78.3 Å². The summed E-state index contributed by atoms with van der Waals surface area (Å²) in [6.07, 6.45) is 1.12. The Kier molecular flexibility index (Phi) is 6.72. The molecular weight excluding hydrogens is 332 g/mol. The van der Waals surface area contributed by atoms with Gasteiger partial charge >= 0.3 is 0 Å². The highest BCUT2D eigenvalue weighted by molar-refractivity contribution is 6.34. The van der Waals surface area contributed by atoms with Crippen LogP contribution in [0.1, 0.15) is 29.9 Å². The van der Waals surface area contributed by atoms with Gasteiger partial charge in [-0.05, 0) is 38.5 Å². The van der Waals surface area contributed by atoms with Crippen molar-refractivity contribution >= 4 is 23.2 Å². The van der Waals surface area contributed by atoms with Gasteiger partial charge in [0, 0.05) is 13.2 Å². The van der Waals surface area contributed by atoms with Crippen LogP contribution in [0.2, 0.25) is 5.02 Å². The minimum atomic E-state index is -0.427. The second kappa shape index (κ2) is 8.77. The number of nitrogens with zero attached hydrogens (tertiary/aromatic N) is 3. The Labute approximate surface area is 145 Å². The summed E-state index contributed by atoms with van der Waals surface area (Å²) in [5, 5.41) is 11.0. The first kappa shape index (κ1) is 18.4. The molecule has 0 bridgehead atoms. The summed E-state index contributed by atoms with van der Waals surface area (Å²) in [7, 11) is 0. The fourth-order valence-corrected chi connectivity index (χ4v) is 2.36. The second-order valence-corrected chi connectivity index (χ2v) is 5.51. The number of halogens is 1. The van der Waals surface area contributed by atoms with Crippen LogP contribution in [-0.4, -0.2) is 40.4 Å². The van der Waals surface area contributed by atoms with Gasteiger partial charge in [0.05, 0.1) is 23.5 Å². The zero-order valence-corrected chi connectivity index (χ0v) is 14.7. The van der Waals surface area contributed by atoms with E-state index in [0.717, 1.165) is 5.56 Å². The average molecular weight is 353 g/mol. The summed E-state index contributed by atoms with van der Waals surface area (Å²) >= 11 is 6.12. The van der Waals surface area contributed by atoms with Crippen molar-refractivity contribution in [3.8, 4) is 0 Å². The molecule has 0 unspecified atom stereocenters. The molecule has 0 aliphatic heterocycles. The van der Waals surface area contributed by atoms with E-state index < -0.39 is 6.29 Å². The number of hydrogen-bond donors (Lipinski definition) is 1. The number of rotatable bonds is 8. The van der Waals surface area contributed by atoms with Crippen LogP contribution in [0.4, 0.5) is 5.69 Å². The lowest BCUT2D eigenvalue weighted by molar-refractivity contribution is -0.145. The van der Waals surface area contributed by atoms with E-state index in [2.05, 4.69) is 15.6 Å². The van der Waals surface area contributed by atoms with Gasteiger partial charge in [-0.25, -0.2) is 4.68 Å². The minimum Gasteiger partial charge on any atom is -0.351 e. The van der Waals surface area contributed by atoms with Crippen LogP contribution >= 0.6 is 11.6 Å². The Morgan fingerprint density at radius 2 is 2.04 bits per heavy atom. The average Bonchev–Trinajstić information content (AvgIpc) is 2.99. The van der Waals surface area contributed by atoms with Crippen molar-refractivity contribution < 1.29 is 14.3 Å². The highest BCUT2D eigenvalue weighted by Crippen LogP contribution is 2.23. The second-order valence-electron chi connectivity index (χ2n) is 5.10. The molecule has 24 heavy (non-hydrogen) atoms. The van der Waals surface area contributed by atoms with Crippen LogP contribution in [0.25, 0.3) is 0 Å². The number of nitrogens with one attached hydrogen (secondary N) is 1. The van der Waals surface area contributed by atoms with Crippen LogP contribution in [0.3, 0.4) is 0 Å². The number of hydrogen-bond acceptors (Lipinski definition) is 5. The molecule has 0 aliphatic rings. The summed E-state index contributed by atoms with van der Waals surface area (Å²) in [4.78, 5) is 12.3. The number of carbonyl (C=O) groups excluding carboxylic acids is 1. The predicted octanol–water partition coefficient (Wildman–Crippen LogP) is 2.89. The molecule has 0 aliphatic carbocycles. The van der Waals surface area contributed by atoms with E-state index in [9.17, 15) is 4.79 Å². The molecule has 2 aromatic rings. The van der Waals surface area contributed by atoms with Crippen molar-refractivity contribution in [2.75, 3.05) is 18.5 Å². The van der Waals surface area contributed by atoms with E-state index in [1.54, 1.807) is 18.3 Å². The number of ether oxygens (including phenoxy) is 2. The Morgan fingerprint density at radius 1 is 1.33 bits per heavy atom. The van der Waals surface area contributed by atoms with E-state index in [1.165, 1.54) is 4.68 Å². The molecule has 0 saturated carbocycles. The molecule has 8 heteroatoms. The van der Waals surface area contributed by atoms with Crippen molar-refractivity contribution in [1.29, 1.82) is 0 Å². The molecule has 130 valence electrons. The number of amides is 1. The first-order valence-corrected chi connectivity index (χ1v) is 8.12. The van der Waals surface area contributed by atoms with Crippen molar-refractivity contribution in [1.82, 2.24) is 15.0 Å². The maximum absolute atomic E-state index is 12.3. The van der Waals surface area contributed by atoms with Gasteiger partial charge in [0.25, 0.3) is 5.91 Å². The maximum atomic E-state index is 12.3. The van der Waals surface area contributed by atoms with Crippen molar-refractivity contribution in [2.45, 2.75) is 33.6 Å². The zero-order valence-electron chi connectivity index (χ0n) is 14.0. The van der Waals surface area contributed by atoms with Gasteiger partial charge in [0.2, 0.25) is 0 Å². The van der Waals surface area contributed by atoms with E-state index >= 15 is 0 Å². The maximum Gasteiger partial charge on any atom is 0.277 e. The van der Waals surface area contributed by atoms with Gasteiger partial charge in [0.1, 0.15) is 0 Å². The van der Waals surface area contributed by atoms with E-state index in [4.69, 9.17) is 21.1 Å². The van der Waals surface area contributed by atoms with Crippen LogP contribution in [0.5, 0.6) is 0 Å². The highest BCUT2D eigenvalue weighted by atomic mass is 35.5. The van der Waals surface area contributed by atoms with Gasteiger partial charge in [-0.2, -0.15) is 0 Å². The summed E-state index contributed by atoms with van der Waals surface area (Å²) in [6.45, 7) is 7.11.